The summed E-state index contributed by atoms with van der Waals surface area (Å²) in [5.41, 5.74) is 5.86. The Morgan fingerprint density at radius 2 is 2.14 bits per heavy atom. The van der Waals surface area contributed by atoms with Crippen LogP contribution in [0.3, 0.4) is 0 Å². The predicted molar refractivity (Wildman–Crippen MR) is 91.5 cm³/mol. The third-order valence-corrected chi connectivity index (χ3v) is 6.83. The van der Waals surface area contributed by atoms with E-state index in [1.165, 1.54) is 4.31 Å². The van der Waals surface area contributed by atoms with E-state index >= 15 is 0 Å². The quantitative estimate of drug-likeness (QED) is 0.739. The summed E-state index contributed by atoms with van der Waals surface area (Å²) >= 11 is 8.97. The van der Waals surface area contributed by atoms with Crippen molar-refractivity contribution < 1.29 is 12.8 Å². The first-order chi connectivity index (χ1) is 9.73. The monoisotopic (exact) mass is 434 g/mol. The Balaban J connectivity index is 0.00000242. The van der Waals surface area contributed by atoms with Gasteiger partial charge in [0.15, 0.2) is 0 Å². The average molecular weight is 436 g/mol. The molecule has 0 radical (unpaired) electrons. The second-order valence-electron chi connectivity index (χ2n) is 5.32. The van der Waals surface area contributed by atoms with Gasteiger partial charge in [-0.05, 0) is 53.7 Å². The summed E-state index contributed by atoms with van der Waals surface area (Å²) in [5.74, 6) is -0.725. The molecule has 0 saturated carbocycles. The lowest BCUT2D eigenvalue weighted by molar-refractivity contribution is 0.242. The van der Waals surface area contributed by atoms with Crippen LogP contribution in [0.4, 0.5) is 4.39 Å². The molecular formula is C13H18BrCl2FN2O2S. The largest absolute Gasteiger partial charge is 0.328 e. The second kappa shape index (κ2) is 7.77. The van der Waals surface area contributed by atoms with E-state index in [0.717, 1.165) is 25.0 Å². The molecule has 4 nitrogen and oxygen atoms in total. The van der Waals surface area contributed by atoms with E-state index in [1.807, 2.05) is 6.92 Å². The van der Waals surface area contributed by atoms with Crippen molar-refractivity contribution in [1.29, 1.82) is 0 Å². The standard InChI is InChI=1S/C13H17BrClFN2O2S.ClH/c1-8(17)9-3-2-4-18(7-9)21(19,20)13-6-11(15)10(14)5-12(13)16;/h5-6,8-9H,2-4,7,17H2,1H3;1H. The van der Waals surface area contributed by atoms with Crippen LogP contribution >= 0.6 is 39.9 Å². The van der Waals surface area contributed by atoms with Gasteiger partial charge in [-0.15, -0.1) is 12.4 Å². The van der Waals surface area contributed by atoms with Crippen molar-refractivity contribution in [2.45, 2.75) is 30.7 Å². The zero-order valence-electron chi connectivity index (χ0n) is 11.9. The van der Waals surface area contributed by atoms with Crippen molar-refractivity contribution in [3.63, 3.8) is 0 Å². The van der Waals surface area contributed by atoms with E-state index in [1.54, 1.807) is 0 Å². The SMILES string of the molecule is CC(N)C1CCCN(S(=O)(=O)c2cc(Cl)c(Br)cc2F)C1.Cl. The highest BCUT2D eigenvalue weighted by Crippen LogP contribution is 2.31. The van der Waals surface area contributed by atoms with Gasteiger partial charge < -0.3 is 5.73 Å². The van der Waals surface area contributed by atoms with Crippen molar-refractivity contribution >= 4 is 50.0 Å². The van der Waals surface area contributed by atoms with Crippen LogP contribution in [0.15, 0.2) is 21.5 Å². The first-order valence-corrected chi connectivity index (χ1v) is 9.25. The van der Waals surface area contributed by atoms with Crippen LogP contribution in [-0.4, -0.2) is 31.9 Å². The Hall–Kier alpha value is 0.0800. The van der Waals surface area contributed by atoms with Gasteiger partial charge in [0.1, 0.15) is 10.7 Å². The van der Waals surface area contributed by atoms with Crippen LogP contribution in [0, 0.1) is 11.7 Å². The van der Waals surface area contributed by atoms with Gasteiger partial charge in [0.05, 0.1) is 5.02 Å². The Morgan fingerprint density at radius 3 is 2.73 bits per heavy atom. The molecule has 1 saturated heterocycles. The minimum Gasteiger partial charge on any atom is -0.328 e. The molecule has 1 heterocycles. The van der Waals surface area contributed by atoms with Gasteiger partial charge in [0, 0.05) is 23.6 Å². The molecule has 9 heteroatoms. The third-order valence-electron chi connectivity index (χ3n) is 3.76. The molecule has 0 bridgehead atoms. The summed E-state index contributed by atoms with van der Waals surface area (Å²) in [6.07, 6.45) is 1.60. The molecule has 2 unspecified atom stereocenters. The molecule has 0 amide bonds. The number of halogens is 4. The molecule has 2 atom stereocenters. The van der Waals surface area contributed by atoms with Gasteiger partial charge in [-0.3, -0.25) is 0 Å². The number of sulfonamides is 1. The molecule has 1 aliphatic rings. The van der Waals surface area contributed by atoms with Gasteiger partial charge in [0.25, 0.3) is 0 Å². The van der Waals surface area contributed by atoms with Gasteiger partial charge in [0.2, 0.25) is 10.0 Å². The van der Waals surface area contributed by atoms with Crippen molar-refractivity contribution in [2.24, 2.45) is 11.7 Å². The summed E-state index contributed by atoms with van der Waals surface area (Å²) in [6.45, 7) is 2.55. The molecular weight excluding hydrogens is 418 g/mol. The Morgan fingerprint density at radius 1 is 1.50 bits per heavy atom. The van der Waals surface area contributed by atoms with Crippen molar-refractivity contribution in [2.75, 3.05) is 13.1 Å². The molecule has 22 heavy (non-hydrogen) atoms. The molecule has 1 fully saturated rings. The lowest BCUT2D eigenvalue weighted by Gasteiger charge is -2.33. The van der Waals surface area contributed by atoms with Crippen LogP contribution in [0.2, 0.25) is 5.02 Å². The maximum Gasteiger partial charge on any atom is 0.246 e. The number of benzene rings is 1. The number of nitrogens with zero attached hydrogens (tertiary/aromatic N) is 1. The van der Waals surface area contributed by atoms with Gasteiger partial charge >= 0.3 is 0 Å². The predicted octanol–water partition coefficient (Wildman–Crippen LogP) is 3.41. The van der Waals surface area contributed by atoms with Gasteiger partial charge in [-0.2, -0.15) is 4.31 Å². The van der Waals surface area contributed by atoms with Crippen molar-refractivity contribution in [1.82, 2.24) is 4.31 Å². The van der Waals surface area contributed by atoms with Crippen LogP contribution in [-0.2, 0) is 10.0 Å². The Labute approximate surface area is 149 Å². The normalized spacial score (nSPS) is 21.2. The molecule has 2 N–H and O–H groups in total. The fraction of sp³-hybridized carbons (Fsp3) is 0.538. The molecule has 126 valence electrons. The van der Waals surface area contributed by atoms with Gasteiger partial charge in [-0.25, -0.2) is 12.8 Å². The topological polar surface area (TPSA) is 63.4 Å². The van der Waals surface area contributed by atoms with E-state index in [2.05, 4.69) is 15.9 Å². The molecule has 1 aromatic carbocycles. The Kier molecular flexibility index (Phi) is 7.11. The number of nitrogens with two attached hydrogens (primary N) is 1. The number of rotatable bonds is 3. The van der Waals surface area contributed by atoms with Crippen LogP contribution < -0.4 is 5.73 Å². The lowest BCUT2D eigenvalue weighted by atomic mass is 9.93. The van der Waals surface area contributed by atoms with Crippen LogP contribution in [0.25, 0.3) is 0 Å². The minimum atomic E-state index is -3.90. The first-order valence-electron chi connectivity index (χ1n) is 6.63. The number of hydrogen-bond acceptors (Lipinski definition) is 3. The fourth-order valence-electron chi connectivity index (χ4n) is 2.46. The van der Waals surface area contributed by atoms with E-state index in [0.29, 0.717) is 17.6 Å². The summed E-state index contributed by atoms with van der Waals surface area (Å²) in [7, 11) is -3.90. The fourth-order valence-corrected chi connectivity index (χ4v) is 4.61. The maximum atomic E-state index is 14.0. The minimum absolute atomic E-state index is 0. The van der Waals surface area contributed by atoms with Crippen molar-refractivity contribution in [3.8, 4) is 0 Å². The van der Waals surface area contributed by atoms with Crippen LogP contribution in [0.5, 0.6) is 0 Å². The highest BCUT2D eigenvalue weighted by molar-refractivity contribution is 9.10. The van der Waals surface area contributed by atoms with Gasteiger partial charge in [-0.1, -0.05) is 11.6 Å². The van der Waals surface area contributed by atoms with E-state index in [9.17, 15) is 12.8 Å². The maximum absolute atomic E-state index is 14.0. The molecule has 0 aliphatic carbocycles. The molecule has 0 aromatic heterocycles. The van der Waals surface area contributed by atoms with E-state index < -0.39 is 15.8 Å². The van der Waals surface area contributed by atoms with E-state index in [-0.39, 0.29) is 34.3 Å². The Bertz CT molecular complexity index is 643. The highest BCUT2D eigenvalue weighted by Gasteiger charge is 2.33. The number of piperidine rings is 1. The summed E-state index contributed by atoms with van der Waals surface area (Å²) < 4.78 is 40.9. The number of hydrogen-bond donors (Lipinski definition) is 1. The molecule has 2 rings (SSSR count). The molecule has 1 aromatic rings. The smallest absolute Gasteiger partial charge is 0.246 e. The molecule has 1 aliphatic heterocycles. The third kappa shape index (κ3) is 4.13. The summed E-state index contributed by atoms with van der Waals surface area (Å²) in [4.78, 5) is -0.388. The first kappa shape index (κ1) is 20.1. The summed E-state index contributed by atoms with van der Waals surface area (Å²) in [5, 5.41) is 0.163. The zero-order valence-corrected chi connectivity index (χ0v) is 15.9. The second-order valence-corrected chi connectivity index (χ2v) is 8.49. The molecule has 0 spiro atoms. The average Bonchev–Trinajstić information content (AvgIpc) is 2.42. The summed E-state index contributed by atoms with van der Waals surface area (Å²) in [6, 6.07) is 2.12. The van der Waals surface area contributed by atoms with Crippen molar-refractivity contribution in [3.05, 3.63) is 27.4 Å². The highest BCUT2D eigenvalue weighted by atomic mass is 79.9. The van der Waals surface area contributed by atoms with Crippen LogP contribution in [0.1, 0.15) is 19.8 Å². The van der Waals surface area contributed by atoms with E-state index in [4.69, 9.17) is 17.3 Å². The zero-order chi connectivity index (χ0) is 15.8. The lowest BCUT2D eigenvalue weighted by Crippen LogP contribution is -2.45.